The molecule has 0 unspecified atom stereocenters. The molecule has 0 saturated heterocycles. The number of nitrogens with one attached hydrogen (secondary N) is 2. The number of rotatable bonds is 5. The molecule has 1 aliphatic rings. The van der Waals surface area contributed by atoms with E-state index < -0.39 is 5.82 Å². The van der Waals surface area contributed by atoms with E-state index in [1.54, 1.807) is 12.1 Å². The Labute approximate surface area is 123 Å². The van der Waals surface area contributed by atoms with E-state index in [1.807, 2.05) is 0 Å². The molecule has 0 bridgehead atoms. The monoisotopic (exact) mass is 298 g/mol. The first-order chi connectivity index (χ1) is 9.66. The van der Waals surface area contributed by atoms with Crippen molar-refractivity contribution in [3.63, 3.8) is 0 Å². The van der Waals surface area contributed by atoms with Gasteiger partial charge in [0.2, 0.25) is 5.91 Å². The molecule has 1 amide bonds. The molecule has 1 fully saturated rings. The van der Waals surface area contributed by atoms with E-state index in [-0.39, 0.29) is 24.0 Å². The zero-order valence-electron chi connectivity index (χ0n) is 11.4. The summed E-state index contributed by atoms with van der Waals surface area (Å²) in [6, 6.07) is 5.23. The van der Waals surface area contributed by atoms with Crippen LogP contribution in [0, 0.1) is 5.82 Å². The van der Waals surface area contributed by atoms with Crippen LogP contribution in [0.15, 0.2) is 18.2 Å². The lowest BCUT2D eigenvalue weighted by Crippen LogP contribution is -2.39. The average molecular weight is 299 g/mol. The van der Waals surface area contributed by atoms with Crippen LogP contribution in [0.5, 0.6) is 0 Å². The second-order valence-electron chi connectivity index (χ2n) is 5.21. The van der Waals surface area contributed by atoms with Gasteiger partial charge in [0.1, 0.15) is 5.82 Å². The first-order valence-electron chi connectivity index (χ1n) is 7.10. The fraction of sp³-hybridized carbons (Fsp3) is 0.533. The number of carbonyl (C=O) groups excluding carboxylic acids is 1. The van der Waals surface area contributed by atoms with Crippen LogP contribution in [-0.2, 0) is 11.3 Å². The van der Waals surface area contributed by atoms with Gasteiger partial charge in [-0.2, -0.15) is 0 Å². The van der Waals surface area contributed by atoms with Crippen molar-refractivity contribution in [2.75, 3.05) is 6.54 Å². The van der Waals surface area contributed by atoms with Gasteiger partial charge in [-0.05, 0) is 18.9 Å². The molecule has 5 heteroatoms. The Balaban J connectivity index is 1.73. The molecule has 0 aromatic heterocycles. The highest BCUT2D eigenvalue weighted by atomic mass is 35.5. The van der Waals surface area contributed by atoms with Crippen LogP contribution in [0.25, 0.3) is 0 Å². The number of hydrogen-bond acceptors (Lipinski definition) is 2. The number of amides is 1. The standard InChI is InChI=1S/C15H20ClFN2O/c16-13-8-4-5-11(15(13)17)9-19-14(20)10-18-12-6-2-1-3-7-12/h4-5,8,12,18H,1-3,6-7,9-10H2,(H,19,20). The number of benzene rings is 1. The zero-order chi connectivity index (χ0) is 14.4. The van der Waals surface area contributed by atoms with E-state index in [0.29, 0.717) is 11.6 Å². The van der Waals surface area contributed by atoms with Gasteiger partial charge in [0, 0.05) is 18.2 Å². The summed E-state index contributed by atoms with van der Waals surface area (Å²) < 4.78 is 13.6. The van der Waals surface area contributed by atoms with E-state index in [9.17, 15) is 9.18 Å². The molecule has 110 valence electrons. The van der Waals surface area contributed by atoms with E-state index in [4.69, 9.17) is 11.6 Å². The van der Waals surface area contributed by atoms with Crippen LogP contribution in [-0.4, -0.2) is 18.5 Å². The quantitative estimate of drug-likeness (QED) is 0.877. The van der Waals surface area contributed by atoms with E-state index >= 15 is 0 Å². The summed E-state index contributed by atoms with van der Waals surface area (Å²) in [6.07, 6.45) is 6.02. The van der Waals surface area contributed by atoms with E-state index in [2.05, 4.69) is 10.6 Å². The zero-order valence-corrected chi connectivity index (χ0v) is 12.2. The fourth-order valence-electron chi connectivity index (χ4n) is 2.49. The summed E-state index contributed by atoms with van der Waals surface area (Å²) in [4.78, 5) is 11.7. The number of carbonyl (C=O) groups is 1. The fourth-order valence-corrected chi connectivity index (χ4v) is 2.68. The molecule has 3 nitrogen and oxygen atoms in total. The molecule has 1 aromatic carbocycles. The largest absolute Gasteiger partial charge is 0.351 e. The Bertz CT molecular complexity index is 461. The maximum Gasteiger partial charge on any atom is 0.234 e. The van der Waals surface area contributed by atoms with Crippen LogP contribution in [0.1, 0.15) is 37.7 Å². The maximum absolute atomic E-state index is 13.6. The summed E-state index contributed by atoms with van der Waals surface area (Å²) in [5, 5.41) is 6.04. The Morgan fingerprint density at radius 1 is 1.30 bits per heavy atom. The molecule has 0 radical (unpaired) electrons. The molecule has 1 aromatic rings. The van der Waals surface area contributed by atoms with Gasteiger partial charge in [-0.3, -0.25) is 4.79 Å². The van der Waals surface area contributed by atoms with Gasteiger partial charge in [-0.25, -0.2) is 4.39 Å². The summed E-state index contributed by atoms with van der Waals surface area (Å²) in [5.41, 5.74) is 0.406. The topological polar surface area (TPSA) is 41.1 Å². The van der Waals surface area contributed by atoms with Crippen molar-refractivity contribution in [2.45, 2.75) is 44.7 Å². The third-order valence-electron chi connectivity index (χ3n) is 3.66. The highest BCUT2D eigenvalue weighted by molar-refractivity contribution is 6.30. The third-order valence-corrected chi connectivity index (χ3v) is 3.96. The van der Waals surface area contributed by atoms with Crippen molar-refractivity contribution in [1.82, 2.24) is 10.6 Å². The predicted octanol–water partition coefficient (Wildman–Crippen LogP) is 3.02. The van der Waals surface area contributed by atoms with E-state index in [0.717, 1.165) is 12.8 Å². The van der Waals surface area contributed by atoms with Crippen molar-refractivity contribution in [3.8, 4) is 0 Å². The number of halogens is 2. The van der Waals surface area contributed by atoms with Gasteiger partial charge in [-0.1, -0.05) is 43.0 Å². The molecule has 1 saturated carbocycles. The Kier molecular flexibility index (Phi) is 5.80. The molecule has 0 heterocycles. The molecule has 0 atom stereocenters. The van der Waals surface area contributed by atoms with Gasteiger partial charge >= 0.3 is 0 Å². The molecular formula is C15H20ClFN2O. The van der Waals surface area contributed by atoms with Gasteiger partial charge in [0.05, 0.1) is 11.6 Å². The molecule has 1 aliphatic carbocycles. The number of hydrogen-bond donors (Lipinski definition) is 2. The second-order valence-corrected chi connectivity index (χ2v) is 5.61. The second kappa shape index (κ2) is 7.60. The van der Waals surface area contributed by atoms with Crippen LogP contribution in [0.3, 0.4) is 0 Å². The summed E-state index contributed by atoms with van der Waals surface area (Å²) in [7, 11) is 0. The minimum Gasteiger partial charge on any atom is -0.351 e. The molecule has 2 N–H and O–H groups in total. The predicted molar refractivity (Wildman–Crippen MR) is 78.1 cm³/mol. The Morgan fingerprint density at radius 3 is 2.80 bits per heavy atom. The Hall–Kier alpha value is -1.13. The molecule has 0 spiro atoms. The summed E-state index contributed by atoms with van der Waals surface area (Å²) >= 11 is 5.69. The van der Waals surface area contributed by atoms with Crippen LogP contribution >= 0.6 is 11.6 Å². The lowest BCUT2D eigenvalue weighted by Gasteiger charge is -2.22. The van der Waals surface area contributed by atoms with Crippen LogP contribution in [0.2, 0.25) is 5.02 Å². The minimum atomic E-state index is -0.463. The molecule has 20 heavy (non-hydrogen) atoms. The van der Waals surface area contributed by atoms with Crippen molar-refractivity contribution < 1.29 is 9.18 Å². The van der Waals surface area contributed by atoms with Gasteiger partial charge in [-0.15, -0.1) is 0 Å². The van der Waals surface area contributed by atoms with Gasteiger partial charge in [0.25, 0.3) is 0 Å². The summed E-state index contributed by atoms with van der Waals surface area (Å²) in [5.74, 6) is -0.579. The molecule has 0 aliphatic heterocycles. The Morgan fingerprint density at radius 2 is 2.05 bits per heavy atom. The highest BCUT2D eigenvalue weighted by Gasteiger charge is 2.14. The van der Waals surface area contributed by atoms with Gasteiger partial charge < -0.3 is 10.6 Å². The van der Waals surface area contributed by atoms with Crippen LogP contribution in [0.4, 0.5) is 4.39 Å². The third kappa shape index (κ3) is 4.46. The SMILES string of the molecule is O=C(CNC1CCCCC1)NCc1cccc(Cl)c1F. The lowest BCUT2D eigenvalue weighted by atomic mass is 9.95. The minimum absolute atomic E-state index is 0.0806. The molecular weight excluding hydrogens is 279 g/mol. The normalized spacial score (nSPS) is 16.1. The van der Waals surface area contributed by atoms with E-state index in [1.165, 1.54) is 25.3 Å². The first-order valence-corrected chi connectivity index (χ1v) is 7.47. The van der Waals surface area contributed by atoms with Gasteiger partial charge in [0.15, 0.2) is 0 Å². The van der Waals surface area contributed by atoms with Crippen molar-refractivity contribution >= 4 is 17.5 Å². The van der Waals surface area contributed by atoms with Crippen molar-refractivity contribution in [2.24, 2.45) is 0 Å². The summed E-state index contributed by atoms with van der Waals surface area (Å²) in [6.45, 7) is 0.449. The smallest absolute Gasteiger partial charge is 0.234 e. The molecule has 2 rings (SSSR count). The van der Waals surface area contributed by atoms with Crippen molar-refractivity contribution in [3.05, 3.63) is 34.6 Å². The van der Waals surface area contributed by atoms with Crippen LogP contribution < -0.4 is 10.6 Å². The average Bonchev–Trinajstić information content (AvgIpc) is 2.48. The highest BCUT2D eigenvalue weighted by Crippen LogP contribution is 2.18. The first kappa shape index (κ1) is 15.3. The maximum atomic E-state index is 13.6. The lowest BCUT2D eigenvalue weighted by molar-refractivity contribution is -0.120. The van der Waals surface area contributed by atoms with Crippen molar-refractivity contribution in [1.29, 1.82) is 0 Å².